The van der Waals surface area contributed by atoms with Gasteiger partial charge in [0, 0.05) is 23.6 Å². The topological polar surface area (TPSA) is 70.9 Å². The average Bonchev–Trinajstić information content (AvgIpc) is 3.11. The first-order valence-electron chi connectivity index (χ1n) is 8.40. The van der Waals surface area contributed by atoms with E-state index in [4.69, 9.17) is 0 Å². The van der Waals surface area contributed by atoms with Crippen molar-refractivity contribution >= 4 is 23.0 Å². The van der Waals surface area contributed by atoms with Gasteiger partial charge >= 0.3 is 6.18 Å². The summed E-state index contributed by atoms with van der Waals surface area (Å²) < 4.78 is 52.7. The number of nitrogens with one attached hydrogen (secondary N) is 1. The normalized spacial score (nSPS) is 15.9. The molecular formula is C18H14F4N4OS. The van der Waals surface area contributed by atoms with Gasteiger partial charge in [0.1, 0.15) is 22.1 Å². The van der Waals surface area contributed by atoms with E-state index in [9.17, 15) is 22.7 Å². The first-order chi connectivity index (χ1) is 13.2. The lowest BCUT2D eigenvalue weighted by Crippen LogP contribution is -2.33. The Morgan fingerprint density at radius 2 is 1.93 bits per heavy atom. The van der Waals surface area contributed by atoms with Gasteiger partial charge < -0.3 is 10.4 Å². The Hall–Kier alpha value is -2.59. The number of rotatable bonds is 4. The molecule has 1 fully saturated rings. The molecule has 1 aromatic carbocycles. The van der Waals surface area contributed by atoms with Crippen molar-refractivity contribution in [1.82, 2.24) is 15.0 Å². The van der Waals surface area contributed by atoms with Gasteiger partial charge in [0.2, 0.25) is 5.95 Å². The zero-order chi connectivity index (χ0) is 19.9. The van der Waals surface area contributed by atoms with Crippen LogP contribution in [0.1, 0.15) is 30.0 Å². The standard InChI is InChI=1S/C18H14F4N4OS/c19-12-3-2-10(25-16-23-7-4-14(26-16)18(20,21)22)8-11(12)13-9-24-15(28-13)17(27)5-1-6-17/h2-4,7-9,27H,1,5-6H2,(H,23,25,26). The Morgan fingerprint density at radius 1 is 1.14 bits per heavy atom. The minimum absolute atomic E-state index is 0.226. The average molecular weight is 410 g/mol. The summed E-state index contributed by atoms with van der Waals surface area (Å²) in [5, 5.41) is 13.6. The van der Waals surface area contributed by atoms with Crippen LogP contribution < -0.4 is 5.32 Å². The summed E-state index contributed by atoms with van der Waals surface area (Å²) in [6.07, 6.45) is 0.0504. The summed E-state index contributed by atoms with van der Waals surface area (Å²) in [6, 6.07) is 4.79. The second-order valence-corrected chi connectivity index (χ2v) is 7.53. The maximum atomic E-state index is 14.3. The third kappa shape index (κ3) is 3.57. The first-order valence-corrected chi connectivity index (χ1v) is 9.22. The van der Waals surface area contributed by atoms with Gasteiger partial charge in [-0.3, -0.25) is 0 Å². The van der Waals surface area contributed by atoms with Gasteiger partial charge in [-0.15, -0.1) is 11.3 Å². The molecule has 10 heteroatoms. The number of aromatic nitrogens is 3. The second-order valence-electron chi connectivity index (χ2n) is 6.50. The zero-order valence-electron chi connectivity index (χ0n) is 14.3. The smallest absolute Gasteiger partial charge is 0.383 e. The molecule has 2 N–H and O–H groups in total. The third-order valence-corrected chi connectivity index (χ3v) is 5.74. The quantitative estimate of drug-likeness (QED) is 0.601. The maximum absolute atomic E-state index is 14.3. The highest BCUT2D eigenvalue weighted by atomic mass is 32.1. The third-order valence-electron chi connectivity index (χ3n) is 4.52. The van der Waals surface area contributed by atoms with Crippen molar-refractivity contribution in [3.05, 3.63) is 53.2 Å². The first kappa shape index (κ1) is 18.8. The van der Waals surface area contributed by atoms with Gasteiger partial charge in [-0.05, 0) is 43.5 Å². The van der Waals surface area contributed by atoms with Crippen LogP contribution >= 0.6 is 11.3 Å². The summed E-state index contributed by atoms with van der Waals surface area (Å²) in [5.41, 5.74) is -1.47. The molecule has 2 heterocycles. The predicted molar refractivity (Wildman–Crippen MR) is 95.6 cm³/mol. The van der Waals surface area contributed by atoms with Gasteiger partial charge in [0.05, 0.1) is 4.88 Å². The number of aliphatic hydroxyl groups is 1. The van der Waals surface area contributed by atoms with Crippen LogP contribution in [0.15, 0.2) is 36.7 Å². The molecule has 0 unspecified atom stereocenters. The summed E-state index contributed by atoms with van der Waals surface area (Å²) in [7, 11) is 0. The number of hydrogen-bond donors (Lipinski definition) is 2. The molecule has 1 aliphatic rings. The minimum atomic E-state index is -4.59. The van der Waals surface area contributed by atoms with Crippen LogP contribution in [-0.4, -0.2) is 20.1 Å². The highest BCUT2D eigenvalue weighted by molar-refractivity contribution is 7.15. The summed E-state index contributed by atoms with van der Waals surface area (Å²) in [5.74, 6) is -0.757. The van der Waals surface area contributed by atoms with E-state index in [0.29, 0.717) is 28.4 Å². The summed E-state index contributed by atoms with van der Waals surface area (Å²) >= 11 is 1.19. The monoisotopic (exact) mass is 410 g/mol. The Kier molecular flexibility index (Phi) is 4.54. The molecule has 0 amide bonds. The fourth-order valence-electron chi connectivity index (χ4n) is 2.84. The molecule has 1 saturated carbocycles. The van der Waals surface area contributed by atoms with Gasteiger partial charge in [-0.2, -0.15) is 13.2 Å². The van der Waals surface area contributed by atoms with E-state index < -0.39 is 23.3 Å². The van der Waals surface area contributed by atoms with E-state index in [0.717, 1.165) is 18.7 Å². The Labute approximate surface area is 161 Å². The molecular weight excluding hydrogens is 396 g/mol. The molecule has 5 nitrogen and oxygen atoms in total. The molecule has 0 bridgehead atoms. The molecule has 0 spiro atoms. The second kappa shape index (κ2) is 6.78. The van der Waals surface area contributed by atoms with Crippen LogP contribution in [-0.2, 0) is 11.8 Å². The van der Waals surface area contributed by atoms with Gasteiger partial charge in [-0.1, -0.05) is 0 Å². The van der Waals surface area contributed by atoms with Crippen molar-refractivity contribution in [2.45, 2.75) is 31.0 Å². The van der Waals surface area contributed by atoms with E-state index in [2.05, 4.69) is 20.3 Å². The molecule has 3 aromatic rings. The van der Waals surface area contributed by atoms with Crippen LogP contribution in [0.3, 0.4) is 0 Å². The van der Waals surface area contributed by atoms with Gasteiger partial charge in [0.25, 0.3) is 0 Å². The van der Waals surface area contributed by atoms with Crippen LogP contribution in [0, 0.1) is 5.82 Å². The Balaban J connectivity index is 1.61. The number of halogens is 4. The van der Waals surface area contributed by atoms with Crippen LogP contribution in [0.4, 0.5) is 29.2 Å². The van der Waals surface area contributed by atoms with Crippen molar-refractivity contribution in [3.63, 3.8) is 0 Å². The SMILES string of the molecule is OC1(c2ncc(-c3cc(Nc4nccc(C(F)(F)F)n4)ccc3F)s2)CCC1. The van der Waals surface area contributed by atoms with E-state index in [-0.39, 0.29) is 11.5 Å². The van der Waals surface area contributed by atoms with E-state index >= 15 is 0 Å². The maximum Gasteiger partial charge on any atom is 0.433 e. The number of alkyl halides is 3. The molecule has 0 atom stereocenters. The van der Waals surface area contributed by atoms with Crippen LogP contribution in [0.5, 0.6) is 0 Å². The molecule has 1 aliphatic carbocycles. The van der Waals surface area contributed by atoms with Crippen molar-refractivity contribution in [1.29, 1.82) is 0 Å². The van der Waals surface area contributed by atoms with Gasteiger partial charge in [-0.25, -0.2) is 19.3 Å². The van der Waals surface area contributed by atoms with Crippen LogP contribution in [0.25, 0.3) is 10.4 Å². The molecule has 4 rings (SSSR count). The van der Waals surface area contributed by atoms with Crippen molar-refractivity contribution in [2.24, 2.45) is 0 Å². The van der Waals surface area contributed by atoms with Gasteiger partial charge in [0.15, 0.2) is 0 Å². The number of benzene rings is 1. The van der Waals surface area contributed by atoms with E-state index in [1.165, 1.54) is 35.7 Å². The van der Waals surface area contributed by atoms with Crippen molar-refractivity contribution in [3.8, 4) is 10.4 Å². The minimum Gasteiger partial charge on any atom is -0.383 e. The molecule has 0 aliphatic heterocycles. The number of anilines is 2. The predicted octanol–water partition coefficient (Wildman–Crippen LogP) is 4.87. The molecule has 146 valence electrons. The molecule has 2 aromatic heterocycles. The zero-order valence-corrected chi connectivity index (χ0v) is 15.1. The fraction of sp³-hybridized carbons (Fsp3) is 0.278. The lowest BCUT2D eigenvalue weighted by molar-refractivity contribution is -0.141. The molecule has 28 heavy (non-hydrogen) atoms. The Bertz CT molecular complexity index is 1020. The fourth-order valence-corrected chi connectivity index (χ4v) is 3.92. The largest absolute Gasteiger partial charge is 0.433 e. The number of hydrogen-bond acceptors (Lipinski definition) is 6. The summed E-state index contributed by atoms with van der Waals surface area (Å²) in [4.78, 5) is 11.9. The number of thiazole rings is 1. The van der Waals surface area contributed by atoms with Crippen LogP contribution in [0.2, 0.25) is 0 Å². The highest BCUT2D eigenvalue weighted by Gasteiger charge is 2.39. The Morgan fingerprint density at radius 3 is 2.61 bits per heavy atom. The van der Waals surface area contributed by atoms with E-state index in [1.54, 1.807) is 0 Å². The van der Waals surface area contributed by atoms with Crippen molar-refractivity contribution in [2.75, 3.05) is 5.32 Å². The molecule has 0 radical (unpaired) electrons. The van der Waals surface area contributed by atoms with Crippen molar-refractivity contribution < 1.29 is 22.7 Å². The highest BCUT2D eigenvalue weighted by Crippen LogP contribution is 2.44. The molecule has 0 saturated heterocycles. The lowest BCUT2D eigenvalue weighted by atomic mass is 9.81. The van der Waals surface area contributed by atoms with E-state index in [1.807, 2.05) is 0 Å². The summed E-state index contributed by atoms with van der Waals surface area (Å²) in [6.45, 7) is 0. The number of nitrogens with zero attached hydrogens (tertiary/aromatic N) is 3. The lowest BCUT2D eigenvalue weighted by Gasteiger charge is -2.34.